The Balaban J connectivity index is 1.34. The Bertz CT molecular complexity index is 1160. The standard InChI is InChI=1S/C23H22N4O4S2/c28-18(16-8-7-14-4-1-2-5-15(14)10-16)11-19-21(30)27(12-17-6-3-9-31-17)23(33-19)26-25-22-24-20(29)13-32-22/h3,6-10,19H,1-2,4-5,11-13H2,(H,24,25,29)/b26-23+. The van der Waals surface area contributed by atoms with Crippen LogP contribution >= 0.6 is 23.5 Å². The molecule has 3 aliphatic rings. The number of rotatable bonds is 6. The molecule has 0 bridgehead atoms. The topological polar surface area (TPSA) is 104 Å². The van der Waals surface area contributed by atoms with Crippen LogP contribution in [0, 0.1) is 0 Å². The van der Waals surface area contributed by atoms with Gasteiger partial charge in [0.15, 0.2) is 16.1 Å². The number of ketones is 1. The predicted octanol–water partition coefficient (Wildman–Crippen LogP) is 3.37. The van der Waals surface area contributed by atoms with E-state index in [0.29, 0.717) is 27.4 Å². The number of nitrogens with one attached hydrogen (secondary N) is 1. The van der Waals surface area contributed by atoms with Crippen molar-refractivity contribution in [1.82, 2.24) is 10.2 Å². The van der Waals surface area contributed by atoms with E-state index in [1.807, 2.05) is 18.2 Å². The second-order valence-electron chi connectivity index (χ2n) is 8.05. The van der Waals surface area contributed by atoms with E-state index in [0.717, 1.165) is 19.3 Å². The number of benzene rings is 1. The molecular weight excluding hydrogens is 460 g/mol. The van der Waals surface area contributed by atoms with Crippen LogP contribution in [0.4, 0.5) is 0 Å². The van der Waals surface area contributed by atoms with E-state index in [4.69, 9.17) is 4.42 Å². The first-order valence-electron chi connectivity index (χ1n) is 10.8. The lowest BCUT2D eigenvalue weighted by Gasteiger charge is -2.16. The van der Waals surface area contributed by atoms with Crippen molar-refractivity contribution in [3.63, 3.8) is 0 Å². The van der Waals surface area contributed by atoms with Crippen LogP contribution in [0.15, 0.2) is 51.2 Å². The Labute approximate surface area is 199 Å². The van der Waals surface area contributed by atoms with Gasteiger partial charge in [0, 0.05) is 12.0 Å². The second-order valence-corrected chi connectivity index (χ2v) is 10.2. The molecule has 2 amide bonds. The van der Waals surface area contributed by atoms with Gasteiger partial charge in [-0.05, 0) is 55.0 Å². The summed E-state index contributed by atoms with van der Waals surface area (Å²) in [4.78, 5) is 39.1. The zero-order chi connectivity index (χ0) is 22.8. The summed E-state index contributed by atoms with van der Waals surface area (Å²) < 4.78 is 5.40. The molecule has 1 atom stereocenters. The van der Waals surface area contributed by atoms with E-state index in [2.05, 4.69) is 15.5 Å². The highest BCUT2D eigenvalue weighted by Crippen LogP contribution is 2.33. The van der Waals surface area contributed by atoms with Crippen LogP contribution in [0.1, 0.15) is 46.5 Å². The van der Waals surface area contributed by atoms with Crippen LogP contribution in [-0.4, -0.2) is 43.8 Å². The van der Waals surface area contributed by atoms with Gasteiger partial charge in [0.05, 0.1) is 23.8 Å². The fourth-order valence-corrected chi connectivity index (χ4v) is 5.79. The zero-order valence-electron chi connectivity index (χ0n) is 17.8. The number of hydrogen-bond donors (Lipinski definition) is 1. The van der Waals surface area contributed by atoms with E-state index in [1.165, 1.54) is 46.0 Å². The molecule has 2 saturated heterocycles. The monoisotopic (exact) mass is 482 g/mol. The van der Waals surface area contributed by atoms with Gasteiger partial charge in [-0.25, -0.2) is 0 Å². The number of carbonyl (C=O) groups excluding carboxylic acids is 3. The lowest BCUT2D eigenvalue weighted by atomic mass is 9.89. The molecule has 2 fully saturated rings. The average molecular weight is 483 g/mol. The van der Waals surface area contributed by atoms with Crippen molar-refractivity contribution in [2.75, 3.05) is 5.75 Å². The van der Waals surface area contributed by atoms with Crippen LogP contribution in [0.3, 0.4) is 0 Å². The van der Waals surface area contributed by atoms with Gasteiger partial charge in [-0.3, -0.25) is 19.3 Å². The first kappa shape index (κ1) is 22.0. The van der Waals surface area contributed by atoms with Crippen molar-refractivity contribution in [2.45, 2.75) is 43.9 Å². The van der Waals surface area contributed by atoms with Crippen molar-refractivity contribution in [3.8, 4) is 0 Å². The Morgan fingerprint density at radius 1 is 1.15 bits per heavy atom. The molecule has 8 nitrogen and oxygen atoms in total. The SMILES string of the molecule is O=C1CS/C(=N/N=C2/SC(CC(=O)c3ccc4c(c3)CCCC4)C(=O)N2Cc2ccco2)N1. The summed E-state index contributed by atoms with van der Waals surface area (Å²) in [6.07, 6.45) is 6.01. The molecule has 0 spiro atoms. The third kappa shape index (κ3) is 4.91. The molecule has 2 aromatic rings. The van der Waals surface area contributed by atoms with Crippen molar-refractivity contribution >= 4 is 51.5 Å². The van der Waals surface area contributed by atoms with Crippen molar-refractivity contribution in [3.05, 3.63) is 59.0 Å². The molecule has 5 rings (SSSR count). The average Bonchev–Trinajstić information content (AvgIpc) is 3.55. The number of aryl methyl sites for hydroxylation is 2. The normalized spacial score (nSPS) is 22.8. The molecule has 1 aromatic heterocycles. The first-order valence-corrected chi connectivity index (χ1v) is 12.7. The molecule has 10 heteroatoms. The number of amidine groups is 2. The van der Waals surface area contributed by atoms with Crippen LogP contribution in [-0.2, 0) is 29.0 Å². The van der Waals surface area contributed by atoms with Gasteiger partial charge in [0.2, 0.25) is 11.8 Å². The molecule has 1 N–H and O–H groups in total. The highest BCUT2D eigenvalue weighted by molar-refractivity contribution is 8.15. The Kier molecular flexibility index (Phi) is 6.37. The molecule has 1 aromatic carbocycles. The summed E-state index contributed by atoms with van der Waals surface area (Å²) in [6.45, 7) is 0.200. The van der Waals surface area contributed by atoms with Gasteiger partial charge in [0.1, 0.15) is 5.76 Å². The number of furan rings is 1. The van der Waals surface area contributed by atoms with Crippen LogP contribution in [0.2, 0.25) is 0 Å². The summed E-state index contributed by atoms with van der Waals surface area (Å²) in [7, 11) is 0. The Morgan fingerprint density at radius 2 is 2.00 bits per heavy atom. The van der Waals surface area contributed by atoms with E-state index in [-0.39, 0.29) is 30.6 Å². The van der Waals surface area contributed by atoms with Crippen LogP contribution in [0.25, 0.3) is 0 Å². The summed E-state index contributed by atoms with van der Waals surface area (Å²) in [6, 6.07) is 9.44. The van der Waals surface area contributed by atoms with Crippen molar-refractivity contribution < 1.29 is 18.8 Å². The van der Waals surface area contributed by atoms with Crippen LogP contribution < -0.4 is 5.32 Å². The molecule has 1 aliphatic carbocycles. The van der Waals surface area contributed by atoms with E-state index in [9.17, 15) is 14.4 Å². The largest absolute Gasteiger partial charge is 0.467 e. The Hall–Kier alpha value is -2.85. The quantitative estimate of drug-likeness (QED) is 0.500. The van der Waals surface area contributed by atoms with E-state index in [1.54, 1.807) is 18.4 Å². The number of amides is 2. The fraction of sp³-hybridized carbons (Fsp3) is 0.348. The van der Waals surface area contributed by atoms with Crippen molar-refractivity contribution in [2.24, 2.45) is 10.2 Å². The molecule has 2 aliphatic heterocycles. The number of fused-ring (bicyclic) bond motifs is 1. The maximum Gasteiger partial charge on any atom is 0.243 e. The second kappa shape index (κ2) is 9.56. The summed E-state index contributed by atoms with van der Waals surface area (Å²) in [5.41, 5.74) is 3.21. The summed E-state index contributed by atoms with van der Waals surface area (Å²) in [5, 5.41) is 11.1. The number of thioether (sulfide) groups is 2. The zero-order valence-corrected chi connectivity index (χ0v) is 19.4. The highest BCUT2D eigenvalue weighted by Gasteiger charge is 2.40. The number of carbonyl (C=O) groups is 3. The maximum absolute atomic E-state index is 13.2. The maximum atomic E-state index is 13.2. The van der Waals surface area contributed by atoms with Gasteiger partial charge in [-0.2, -0.15) is 0 Å². The number of nitrogens with zero attached hydrogens (tertiary/aromatic N) is 3. The third-order valence-corrected chi connectivity index (χ3v) is 7.80. The fourth-order valence-electron chi connectivity index (χ4n) is 4.08. The van der Waals surface area contributed by atoms with E-state index < -0.39 is 5.25 Å². The Morgan fingerprint density at radius 3 is 2.76 bits per heavy atom. The summed E-state index contributed by atoms with van der Waals surface area (Å²) >= 11 is 2.48. The van der Waals surface area contributed by atoms with Gasteiger partial charge < -0.3 is 9.73 Å². The van der Waals surface area contributed by atoms with Gasteiger partial charge in [-0.1, -0.05) is 35.7 Å². The van der Waals surface area contributed by atoms with E-state index >= 15 is 0 Å². The molecule has 3 heterocycles. The molecule has 33 heavy (non-hydrogen) atoms. The molecule has 0 radical (unpaired) electrons. The highest BCUT2D eigenvalue weighted by atomic mass is 32.2. The van der Waals surface area contributed by atoms with Gasteiger partial charge in [-0.15, -0.1) is 10.2 Å². The molecular formula is C23H22N4O4S2. The minimum atomic E-state index is -0.590. The smallest absolute Gasteiger partial charge is 0.243 e. The minimum absolute atomic E-state index is 0.0571. The number of hydrogen-bond acceptors (Lipinski definition) is 8. The molecule has 170 valence electrons. The first-order chi connectivity index (χ1) is 16.1. The predicted molar refractivity (Wildman–Crippen MR) is 128 cm³/mol. The van der Waals surface area contributed by atoms with Gasteiger partial charge in [0.25, 0.3) is 0 Å². The minimum Gasteiger partial charge on any atom is -0.467 e. The molecule has 1 unspecified atom stereocenters. The van der Waals surface area contributed by atoms with Gasteiger partial charge >= 0.3 is 0 Å². The lowest BCUT2D eigenvalue weighted by Crippen LogP contribution is -2.32. The molecule has 0 saturated carbocycles. The lowest BCUT2D eigenvalue weighted by molar-refractivity contribution is -0.126. The summed E-state index contributed by atoms with van der Waals surface area (Å²) in [5.74, 6) is 0.511. The van der Waals surface area contributed by atoms with Crippen molar-refractivity contribution in [1.29, 1.82) is 0 Å². The third-order valence-electron chi connectivity index (χ3n) is 5.77. The van der Waals surface area contributed by atoms with Crippen LogP contribution in [0.5, 0.6) is 0 Å². The number of Topliss-reactive ketones (excluding diaryl/α,β-unsaturated/α-hetero) is 1.